The summed E-state index contributed by atoms with van der Waals surface area (Å²) < 4.78 is 0. The molecular weight excluding hydrogens is 168 g/mol. The van der Waals surface area contributed by atoms with Crippen molar-refractivity contribution < 1.29 is 9.59 Å². The fraction of sp³-hybridized carbons (Fsp3) is 0.778. The van der Waals surface area contributed by atoms with E-state index in [0.29, 0.717) is 19.0 Å². The lowest BCUT2D eigenvalue weighted by molar-refractivity contribution is -0.126. The molecule has 1 heterocycles. The Morgan fingerprint density at radius 1 is 1.69 bits per heavy atom. The Morgan fingerprint density at radius 2 is 2.38 bits per heavy atom. The number of nitrogens with zero attached hydrogens (tertiary/aromatic N) is 1. The fourth-order valence-electron chi connectivity index (χ4n) is 1.47. The van der Waals surface area contributed by atoms with Gasteiger partial charge in [-0.05, 0) is 5.92 Å². The molecule has 0 aromatic rings. The maximum atomic E-state index is 11.2. The molecule has 4 heteroatoms. The van der Waals surface area contributed by atoms with Crippen LogP contribution in [-0.2, 0) is 9.59 Å². The molecule has 1 amide bonds. The SMILES string of the molecule is CC(C)C1CN(CC=O)CC(=O)N1. The summed E-state index contributed by atoms with van der Waals surface area (Å²) in [6.45, 7) is 5.62. The van der Waals surface area contributed by atoms with E-state index in [1.54, 1.807) is 0 Å². The Morgan fingerprint density at radius 3 is 2.92 bits per heavy atom. The second kappa shape index (κ2) is 4.37. The topological polar surface area (TPSA) is 49.4 Å². The van der Waals surface area contributed by atoms with E-state index in [9.17, 15) is 9.59 Å². The number of aldehydes is 1. The molecule has 0 radical (unpaired) electrons. The third-order valence-corrected chi connectivity index (χ3v) is 2.31. The maximum absolute atomic E-state index is 11.2. The average molecular weight is 184 g/mol. The summed E-state index contributed by atoms with van der Waals surface area (Å²) in [5.74, 6) is 0.435. The zero-order chi connectivity index (χ0) is 9.84. The molecule has 0 aliphatic carbocycles. The fourth-order valence-corrected chi connectivity index (χ4v) is 1.47. The normalized spacial score (nSPS) is 24.5. The summed E-state index contributed by atoms with van der Waals surface area (Å²) in [7, 11) is 0. The smallest absolute Gasteiger partial charge is 0.234 e. The summed E-state index contributed by atoms with van der Waals surface area (Å²) in [6.07, 6.45) is 0.843. The molecule has 74 valence electrons. The second-order valence-corrected chi connectivity index (χ2v) is 3.78. The molecule has 1 fully saturated rings. The molecular formula is C9H16N2O2. The van der Waals surface area contributed by atoms with Crippen LogP contribution in [0.25, 0.3) is 0 Å². The number of hydrogen-bond acceptors (Lipinski definition) is 3. The van der Waals surface area contributed by atoms with E-state index < -0.39 is 0 Å². The molecule has 0 aromatic heterocycles. The van der Waals surface area contributed by atoms with E-state index in [1.165, 1.54) is 0 Å². The van der Waals surface area contributed by atoms with E-state index >= 15 is 0 Å². The molecule has 4 nitrogen and oxygen atoms in total. The van der Waals surface area contributed by atoms with Crippen molar-refractivity contribution in [3.05, 3.63) is 0 Å². The minimum absolute atomic E-state index is 0.0202. The third kappa shape index (κ3) is 2.81. The highest BCUT2D eigenvalue weighted by Crippen LogP contribution is 2.07. The molecule has 1 aliphatic heterocycles. The molecule has 0 aromatic carbocycles. The monoisotopic (exact) mass is 184 g/mol. The van der Waals surface area contributed by atoms with Gasteiger partial charge in [-0.1, -0.05) is 13.8 Å². The van der Waals surface area contributed by atoms with Gasteiger partial charge in [0.2, 0.25) is 5.91 Å². The Balaban J connectivity index is 2.52. The van der Waals surface area contributed by atoms with Crippen molar-refractivity contribution >= 4 is 12.2 Å². The number of rotatable bonds is 3. The summed E-state index contributed by atoms with van der Waals surface area (Å²) in [4.78, 5) is 23.3. The minimum atomic E-state index is 0.0202. The third-order valence-electron chi connectivity index (χ3n) is 2.31. The van der Waals surface area contributed by atoms with Gasteiger partial charge in [0.25, 0.3) is 0 Å². The van der Waals surface area contributed by atoms with Crippen molar-refractivity contribution in [2.45, 2.75) is 19.9 Å². The molecule has 1 rings (SSSR count). The average Bonchev–Trinajstić information content (AvgIpc) is 2.03. The highest BCUT2D eigenvalue weighted by atomic mass is 16.2. The molecule has 0 bridgehead atoms. The van der Waals surface area contributed by atoms with Gasteiger partial charge in [-0.25, -0.2) is 0 Å². The van der Waals surface area contributed by atoms with E-state index in [2.05, 4.69) is 19.2 Å². The zero-order valence-electron chi connectivity index (χ0n) is 8.12. The standard InChI is InChI=1S/C9H16N2O2/c1-7(2)8-5-11(3-4-12)6-9(13)10-8/h4,7-8H,3,5-6H2,1-2H3,(H,10,13). The first kappa shape index (κ1) is 10.2. The van der Waals surface area contributed by atoms with Gasteiger partial charge in [-0.2, -0.15) is 0 Å². The molecule has 1 saturated heterocycles. The predicted molar refractivity (Wildman–Crippen MR) is 49.3 cm³/mol. The minimum Gasteiger partial charge on any atom is -0.351 e. The van der Waals surface area contributed by atoms with Crippen LogP contribution in [0, 0.1) is 5.92 Å². The van der Waals surface area contributed by atoms with Crippen molar-refractivity contribution in [3.8, 4) is 0 Å². The predicted octanol–water partition coefficient (Wildman–Crippen LogP) is -0.358. The molecule has 1 aliphatic rings. The number of piperazine rings is 1. The maximum Gasteiger partial charge on any atom is 0.234 e. The summed E-state index contributed by atoms with van der Waals surface area (Å²) in [5, 5.41) is 2.91. The number of amides is 1. The second-order valence-electron chi connectivity index (χ2n) is 3.78. The van der Waals surface area contributed by atoms with E-state index in [1.807, 2.05) is 4.90 Å². The van der Waals surface area contributed by atoms with Gasteiger partial charge in [0.1, 0.15) is 6.29 Å². The van der Waals surface area contributed by atoms with Crippen LogP contribution in [0.5, 0.6) is 0 Å². The van der Waals surface area contributed by atoms with Gasteiger partial charge in [-0.15, -0.1) is 0 Å². The van der Waals surface area contributed by atoms with Crippen LogP contribution in [0.4, 0.5) is 0 Å². The first-order valence-electron chi connectivity index (χ1n) is 4.59. The summed E-state index contributed by atoms with van der Waals surface area (Å²) >= 11 is 0. The van der Waals surface area contributed by atoms with Gasteiger partial charge in [0.15, 0.2) is 0 Å². The molecule has 1 atom stereocenters. The van der Waals surface area contributed by atoms with E-state index in [-0.39, 0.29) is 11.9 Å². The Bertz CT molecular complexity index is 204. The van der Waals surface area contributed by atoms with Gasteiger partial charge in [0.05, 0.1) is 13.1 Å². The van der Waals surface area contributed by atoms with Crippen LogP contribution >= 0.6 is 0 Å². The van der Waals surface area contributed by atoms with Crippen molar-refractivity contribution in [2.75, 3.05) is 19.6 Å². The van der Waals surface area contributed by atoms with Crippen LogP contribution in [0.1, 0.15) is 13.8 Å². The number of nitrogens with one attached hydrogen (secondary N) is 1. The quantitative estimate of drug-likeness (QED) is 0.609. The van der Waals surface area contributed by atoms with Gasteiger partial charge in [-0.3, -0.25) is 9.69 Å². The van der Waals surface area contributed by atoms with Crippen molar-refractivity contribution in [2.24, 2.45) is 5.92 Å². The Kier molecular flexibility index (Phi) is 3.42. The van der Waals surface area contributed by atoms with E-state index in [0.717, 1.165) is 12.8 Å². The first-order valence-corrected chi connectivity index (χ1v) is 4.59. The number of carbonyl (C=O) groups is 2. The largest absolute Gasteiger partial charge is 0.351 e. The zero-order valence-corrected chi connectivity index (χ0v) is 8.12. The lowest BCUT2D eigenvalue weighted by atomic mass is 10.0. The lowest BCUT2D eigenvalue weighted by Crippen LogP contribution is -2.56. The van der Waals surface area contributed by atoms with E-state index in [4.69, 9.17) is 0 Å². The summed E-state index contributed by atoms with van der Waals surface area (Å²) in [5.41, 5.74) is 0. The highest BCUT2D eigenvalue weighted by Gasteiger charge is 2.25. The van der Waals surface area contributed by atoms with Gasteiger partial charge in [0, 0.05) is 12.6 Å². The summed E-state index contributed by atoms with van der Waals surface area (Å²) in [6, 6.07) is 0.182. The molecule has 1 unspecified atom stereocenters. The molecule has 1 N–H and O–H groups in total. The van der Waals surface area contributed by atoms with Crippen molar-refractivity contribution in [1.82, 2.24) is 10.2 Å². The van der Waals surface area contributed by atoms with Crippen LogP contribution in [-0.4, -0.2) is 42.8 Å². The van der Waals surface area contributed by atoms with Gasteiger partial charge >= 0.3 is 0 Å². The Labute approximate surface area is 78.3 Å². The number of hydrogen-bond donors (Lipinski definition) is 1. The van der Waals surface area contributed by atoms with Crippen LogP contribution in [0.2, 0.25) is 0 Å². The molecule has 13 heavy (non-hydrogen) atoms. The van der Waals surface area contributed by atoms with Gasteiger partial charge < -0.3 is 10.1 Å². The number of carbonyl (C=O) groups excluding carboxylic acids is 2. The van der Waals surface area contributed by atoms with Crippen molar-refractivity contribution in [3.63, 3.8) is 0 Å². The van der Waals surface area contributed by atoms with Crippen molar-refractivity contribution in [1.29, 1.82) is 0 Å². The lowest BCUT2D eigenvalue weighted by Gasteiger charge is -2.33. The van der Waals surface area contributed by atoms with Crippen LogP contribution < -0.4 is 5.32 Å². The molecule has 0 saturated carbocycles. The highest BCUT2D eigenvalue weighted by molar-refractivity contribution is 5.79. The van der Waals surface area contributed by atoms with Crippen LogP contribution in [0.3, 0.4) is 0 Å². The first-order chi connectivity index (χ1) is 6.13. The Hall–Kier alpha value is -0.900. The van der Waals surface area contributed by atoms with Crippen LogP contribution in [0.15, 0.2) is 0 Å². The molecule has 0 spiro atoms.